The van der Waals surface area contributed by atoms with Gasteiger partial charge in [0.15, 0.2) is 18.1 Å². The molecule has 0 spiro atoms. The lowest BCUT2D eigenvalue weighted by Crippen LogP contribution is -2.27. The van der Waals surface area contributed by atoms with Crippen molar-refractivity contribution in [3.63, 3.8) is 0 Å². The molecule has 0 saturated carbocycles. The lowest BCUT2D eigenvalue weighted by Gasteiger charge is -2.12. The van der Waals surface area contributed by atoms with Gasteiger partial charge in [0.25, 0.3) is 11.8 Å². The summed E-state index contributed by atoms with van der Waals surface area (Å²) in [4.78, 5) is 29.7. The Morgan fingerprint density at radius 3 is 2.77 bits per heavy atom. The van der Waals surface area contributed by atoms with Crippen LogP contribution in [0.2, 0.25) is 0 Å². The van der Waals surface area contributed by atoms with Crippen LogP contribution in [-0.2, 0) is 4.79 Å². The van der Waals surface area contributed by atoms with Crippen LogP contribution < -0.4 is 10.1 Å². The lowest BCUT2D eigenvalue weighted by molar-refractivity contribution is -0.130. The van der Waals surface area contributed by atoms with E-state index in [2.05, 4.69) is 10.3 Å². The number of rotatable bonds is 5. The molecule has 26 heavy (non-hydrogen) atoms. The van der Waals surface area contributed by atoms with Crippen molar-refractivity contribution in [3.05, 3.63) is 53.9 Å². The van der Waals surface area contributed by atoms with Gasteiger partial charge in [0.2, 0.25) is 0 Å². The molecule has 0 atom stereocenters. The van der Waals surface area contributed by atoms with E-state index in [1.54, 1.807) is 63.5 Å². The molecular weight excluding hydrogens is 334 g/mol. The average Bonchev–Trinajstić information content (AvgIpc) is 2.99. The number of nitrogens with one attached hydrogen (secondary N) is 1. The summed E-state index contributed by atoms with van der Waals surface area (Å²) in [5.41, 5.74) is 2.38. The number of fused-ring (bicyclic) bond motifs is 1. The number of likely N-dealkylation sites (N-methyl/N-ethyl adjacent to an activating group) is 1. The molecule has 3 rings (SSSR count). The van der Waals surface area contributed by atoms with E-state index < -0.39 is 0 Å². The SMILES string of the molecule is Cc1nc2ccc(NC(=O)c3cccc(OCC(=O)N(C)C)c3)cc2o1. The Balaban J connectivity index is 1.70. The number of amides is 2. The summed E-state index contributed by atoms with van der Waals surface area (Å²) >= 11 is 0. The summed E-state index contributed by atoms with van der Waals surface area (Å²) in [5.74, 6) is 0.579. The fraction of sp³-hybridized carbons (Fsp3) is 0.211. The average molecular weight is 353 g/mol. The van der Waals surface area contributed by atoms with Gasteiger partial charge in [-0.2, -0.15) is 0 Å². The third-order valence-electron chi connectivity index (χ3n) is 3.71. The van der Waals surface area contributed by atoms with Crippen LogP contribution in [0.15, 0.2) is 46.9 Å². The summed E-state index contributed by atoms with van der Waals surface area (Å²) in [6.45, 7) is 1.68. The van der Waals surface area contributed by atoms with Crippen LogP contribution in [0.5, 0.6) is 5.75 Å². The van der Waals surface area contributed by atoms with Crippen LogP contribution >= 0.6 is 0 Å². The number of oxazole rings is 1. The summed E-state index contributed by atoms with van der Waals surface area (Å²) in [6.07, 6.45) is 0. The summed E-state index contributed by atoms with van der Waals surface area (Å²) in [7, 11) is 3.31. The molecular formula is C19H19N3O4. The molecule has 3 aromatic rings. The van der Waals surface area contributed by atoms with Crippen molar-refractivity contribution < 1.29 is 18.7 Å². The molecule has 1 heterocycles. The predicted octanol–water partition coefficient (Wildman–Crippen LogP) is 2.86. The maximum atomic E-state index is 12.5. The van der Waals surface area contributed by atoms with Crippen molar-refractivity contribution in [2.75, 3.05) is 26.0 Å². The van der Waals surface area contributed by atoms with Crippen molar-refractivity contribution in [1.29, 1.82) is 0 Å². The topological polar surface area (TPSA) is 84.7 Å². The van der Waals surface area contributed by atoms with E-state index >= 15 is 0 Å². The second kappa shape index (κ2) is 7.26. The molecule has 0 saturated heterocycles. The largest absolute Gasteiger partial charge is 0.484 e. The first-order valence-corrected chi connectivity index (χ1v) is 8.04. The fourth-order valence-electron chi connectivity index (χ4n) is 2.32. The Hall–Kier alpha value is -3.35. The quantitative estimate of drug-likeness (QED) is 0.762. The van der Waals surface area contributed by atoms with E-state index in [0.29, 0.717) is 28.5 Å². The molecule has 1 aromatic heterocycles. The number of nitrogens with zero attached hydrogens (tertiary/aromatic N) is 2. The normalized spacial score (nSPS) is 10.6. The minimum atomic E-state index is -0.287. The zero-order chi connectivity index (χ0) is 18.7. The standard InChI is InChI=1S/C19H19N3O4/c1-12-20-16-8-7-14(10-17(16)26-12)21-19(24)13-5-4-6-15(9-13)25-11-18(23)22(2)3/h4-10H,11H2,1-3H3,(H,21,24). The van der Waals surface area contributed by atoms with Gasteiger partial charge in [-0.3, -0.25) is 9.59 Å². The number of aromatic nitrogens is 1. The van der Waals surface area contributed by atoms with Gasteiger partial charge in [-0.15, -0.1) is 0 Å². The van der Waals surface area contributed by atoms with Gasteiger partial charge in [-0.25, -0.2) is 4.98 Å². The van der Waals surface area contributed by atoms with E-state index in [-0.39, 0.29) is 18.4 Å². The maximum absolute atomic E-state index is 12.5. The summed E-state index contributed by atoms with van der Waals surface area (Å²) in [6, 6.07) is 11.9. The fourth-order valence-corrected chi connectivity index (χ4v) is 2.32. The molecule has 2 amide bonds. The smallest absolute Gasteiger partial charge is 0.259 e. The molecule has 0 aliphatic heterocycles. The molecule has 0 aliphatic rings. The predicted molar refractivity (Wildman–Crippen MR) is 97.3 cm³/mol. The number of ether oxygens (including phenoxy) is 1. The van der Waals surface area contributed by atoms with Gasteiger partial charge in [0.1, 0.15) is 11.3 Å². The Labute approximate surface area is 150 Å². The molecule has 134 valence electrons. The first-order valence-electron chi connectivity index (χ1n) is 8.04. The second-order valence-electron chi connectivity index (χ2n) is 5.97. The van der Waals surface area contributed by atoms with E-state index in [0.717, 1.165) is 5.52 Å². The van der Waals surface area contributed by atoms with Crippen LogP contribution in [0.25, 0.3) is 11.1 Å². The zero-order valence-corrected chi connectivity index (χ0v) is 14.8. The van der Waals surface area contributed by atoms with Gasteiger partial charge >= 0.3 is 0 Å². The molecule has 2 aromatic carbocycles. The van der Waals surface area contributed by atoms with Crippen molar-refractivity contribution in [2.24, 2.45) is 0 Å². The minimum absolute atomic E-state index is 0.0837. The third-order valence-corrected chi connectivity index (χ3v) is 3.71. The van der Waals surface area contributed by atoms with Crippen molar-refractivity contribution >= 4 is 28.6 Å². The van der Waals surface area contributed by atoms with Crippen molar-refractivity contribution in [1.82, 2.24) is 9.88 Å². The van der Waals surface area contributed by atoms with Crippen LogP contribution in [0.3, 0.4) is 0 Å². The Bertz CT molecular complexity index is 962. The number of hydrogen-bond acceptors (Lipinski definition) is 5. The minimum Gasteiger partial charge on any atom is -0.484 e. The number of hydrogen-bond donors (Lipinski definition) is 1. The van der Waals surface area contributed by atoms with Gasteiger partial charge in [-0.1, -0.05) is 6.07 Å². The van der Waals surface area contributed by atoms with Crippen LogP contribution in [0.4, 0.5) is 5.69 Å². The number of anilines is 1. The maximum Gasteiger partial charge on any atom is 0.259 e. The highest BCUT2D eigenvalue weighted by atomic mass is 16.5. The van der Waals surface area contributed by atoms with Crippen LogP contribution in [-0.4, -0.2) is 42.4 Å². The highest BCUT2D eigenvalue weighted by Gasteiger charge is 2.11. The Kier molecular flexibility index (Phi) is 4.88. The second-order valence-corrected chi connectivity index (χ2v) is 5.97. The molecule has 7 nitrogen and oxygen atoms in total. The Morgan fingerprint density at radius 1 is 1.19 bits per heavy atom. The summed E-state index contributed by atoms with van der Waals surface area (Å²) in [5, 5.41) is 2.81. The van der Waals surface area contributed by atoms with Gasteiger partial charge in [0.05, 0.1) is 0 Å². The number of carbonyl (C=O) groups excluding carboxylic acids is 2. The van der Waals surface area contributed by atoms with Crippen LogP contribution in [0, 0.1) is 6.92 Å². The van der Waals surface area contributed by atoms with Gasteiger partial charge in [-0.05, 0) is 30.3 Å². The van der Waals surface area contributed by atoms with Crippen molar-refractivity contribution in [2.45, 2.75) is 6.92 Å². The summed E-state index contributed by atoms with van der Waals surface area (Å²) < 4.78 is 10.9. The molecule has 7 heteroatoms. The number of benzene rings is 2. The van der Waals surface area contributed by atoms with Crippen molar-refractivity contribution in [3.8, 4) is 5.75 Å². The molecule has 0 bridgehead atoms. The van der Waals surface area contributed by atoms with Gasteiger partial charge < -0.3 is 19.4 Å². The van der Waals surface area contributed by atoms with Gasteiger partial charge in [0, 0.05) is 38.3 Å². The molecule has 0 aliphatic carbocycles. The third kappa shape index (κ3) is 4.00. The van der Waals surface area contributed by atoms with E-state index in [4.69, 9.17) is 9.15 Å². The molecule has 0 radical (unpaired) electrons. The van der Waals surface area contributed by atoms with E-state index in [1.165, 1.54) is 4.90 Å². The zero-order valence-electron chi connectivity index (χ0n) is 14.8. The molecule has 1 N–H and O–H groups in total. The monoisotopic (exact) mass is 353 g/mol. The number of carbonyl (C=O) groups is 2. The highest BCUT2D eigenvalue weighted by molar-refractivity contribution is 6.05. The van der Waals surface area contributed by atoms with Crippen LogP contribution in [0.1, 0.15) is 16.2 Å². The first-order chi connectivity index (χ1) is 12.4. The molecule has 0 unspecified atom stereocenters. The highest BCUT2D eigenvalue weighted by Crippen LogP contribution is 2.21. The lowest BCUT2D eigenvalue weighted by atomic mass is 10.2. The van der Waals surface area contributed by atoms with E-state index in [9.17, 15) is 9.59 Å². The Morgan fingerprint density at radius 2 is 2.00 bits per heavy atom. The van der Waals surface area contributed by atoms with E-state index in [1.807, 2.05) is 0 Å². The first kappa shape index (κ1) is 17.5. The number of aryl methyl sites for hydroxylation is 1. The molecule has 0 fully saturated rings.